The molecule has 0 radical (unpaired) electrons. The number of nitrogens with two attached hydrogens (primary N) is 1. The number of aromatic nitrogens is 1. The van der Waals surface area contributed by atoms with Crippen LogP contribution in [0.4, 0.5) is 11.4 Å². The molecule has 0 aliphatic carbocycles. The second-order valence-electron chi connectivity index (χ2n) is 9.61. The van der Waals surface area contributed by atoms with Gasteiger partial charge in [0.25, 0.3) is 5.91 Å². The maximum absolute atomic E-state index is 13.7. The molecule has 2 aromatic heterocycles. The molecule has 0 atom stereocenters. The number of nitrogens with zero attached hydrogens (tertiary/aromatic N) is 1. The Morgan fingerprint density at radius 3 is 2.02 bits per heavy atom. The number of carbonyl (C=O) groups excluding carboxylic acids is 2. The first kappa shape index (κ1) is 26.0. The Morgan fingerprint density at radius 2 is 1.37 bits per heavy atom. The second kappa shape index (κ2) is 10.7. The number of aryl methyl sites for hydroxylation is 1. The SMILES string of the molecule is Cc1nc2sc(C(=O)c3ccc(-c4ccccc4)cc3)c(N)c2c(-c2ccc(O)cc2)c1C(=O)Nc1ccccc1. The van der Waals surface area contributed by atoms with Crippen molar-refractivity contribution < 1.29 is 14.7 Å². The van der Waals surface area contributed by atoms with Crippen LogP contribution in [0.15, 0.2) is 109 Å². The summed E-state index contributed by atoms with van der Waals surface area (Å²) in [6.07, 6.45) is 0. The topological polar surface area (TPSA) is 105 Å². The van der Waals surface area contributed by atoms with Crippen LogP contribution in [0.2, 0.25) is 0 Å². The van der Waals surface area contributed by atoms with E-state index in [-0.39, 0.29) is 23.1 Å². The van der Waals surface area contributed by atoms with Gasteiger partial charge in [-0.05, 0) is 47.9 Å². The lowest BCUT2D eigenvalue weighted by molar-refractivity contribution is 0.102. The summed E-state index contributed by atoms with van der Waals surface area (Å²) in [5.41, 5.74) is 12.3. The van der Waals surface area contributed by atoms with Crippen molar-refractivity contribution >= 4 is 44.6 Å². The Bertz CT molecular complexity index is 1900. The zero-order valence-electron chi connectivity index (χ0n) is 22.1. The molecular weight excluding hydrogens is 530 g/mol. The van der Waals surface area contributed by atoms with Crippen molar-refractivity contribution in [2.24, 2.45) is 0 Å². The molecule has 0 saturated carbocycles. The smallest absolute Gasteiger partial charge is 0.258 e. The third-order valence-electron chi connectivity index (χ3n) is 6.93. The number of para-hydroxylation sites is 1. The van der Waals surface area contributed by atoms with Crippen LogP contribution in [0, 0.1) is 6.92 Å². The van der Waals surface area contributed by atoms with Gasteiger partial charge in [0.05, 0.1) is 16.9 Å². The molecule has 4 aromatic carbocycles. The molecule has 200 valence electrons. The number of fused-ring (bicyclic) bond motifs is 1. The van der Waals surface area contributed by atoms with E-state index in [1.54, 1.807) is 55.5 Å². The van der Waals surface area contributed by atoms with Gasteiger partial charge in [0.15, 0.2) is 0 Å². The molecule has 0 bridgehead atoms. The van der Waals surface area contributed by atoms with Crippen LogP contribution in [0.5, 0.6) is 5.75 Å². The van der Waals surface area contributed by atoms with Gasteiger partial charge >= 0.3 is 0 Å². The molecule has 6 nitrogen and oxygen atoms in total. The van der Waals surface area contributed by atoms with Crippen LogP contribution in [-0.4, -0.2) is 21.8 Å². The van der Waals surface area contributed by atoms with Crippen molar-refractivity contribution in [3.63, 3.8) is 0 Å². The first-order valence-electron chi connectivity index (χ1n) is 13.0. The molecular formula is C34H25N3O3S. The van der Waals surface area contributed by atoms with Gasteiger partial charge in [-0.1, -0.05) is 84.9 Å². The summed E-state index contributed by atoms with van der Waals surface area (Å²) in [6, 6.07) is 33.1. The van der Waals surface area contributed by atoms with Crippen LogP contribution in [0.3, 0.4) is 0 Å². The number of benzene rings is 4. The van der Waals surface area contributed by atoms with Crippen molar-refractivity contribution in [1.29, 1.82) is 0 Å². The van der Waals surface area contributed by atoms with E-state index >= 15 is 0 Å². The van der Waals surface area contributed by atoms with Gasteiger partial charge in [0.2, 0.25) is 5.78 Å². The number of phenols is 1. The number of anilines is 2. The zero-order chi connectivity index (χ0) is 28.5. The maximum Gasteiger partial charge on any atom is 0.258 e. The molecule has 0 fully saturated rings. The maximum atomic E-state index is 13.7. The highest BCUT2D eigenvalue weighted by Crippen LogP contribution is 2.43. The summed E-state index contributed by atoms with van der Waals surface area (Å²) in [5, 5.41) is 13.4. The number of hydrogen-bond acceptors (Lipinski definition) is 6. The molecule has 0 spiro atoms. The number of nitrogen functional groups attached to an aromatic ring is 1. The summed E-state index contributed by atoms with van der Waals surface area (Å²) in [4.78, 5) is 33.0. The number of amides is 1. The average molecular weight is 556 g/mol. The molecule has 6 aromatic rings. The van der Waals surface area contributed by atoms with Crippen molar-refractivity contribution in [2.45, 2.75) is 6.92 Å². The molecule has 0 aliphatic heterocycles. The Labute approximate surface area is 240 Å². The molecule has 4 N–H and O–H groups in total. The average Bonchev–Trinajstić information content (AvgIpc) is 3.32. The standard InChI is InChI=1S/C34H25N3O3S/c1-20-27(33(40)37-25-10-6-3-7-11-25)28(23-16-18-26(38)19-17-23)29-30(35)32(41-34(29)36-20)31(39)24-14-12-22(13-15-24)21-8-4-2-5-9-21/h2-19,38H,35H2,1H3,(H,37,40). The number of thiophene rings is 1. The molecule has 0 aliphatic rings. The number of carbonyl (C=O) groups is 2. The van der Waals surface area contributed by atoms with Crippen LogP contribution in [0.1, 0.15) is 31.3 Å². The largest absolute Gasteiger partial charge is 0.508 e. The quantitative estimate of drug-likeness (QED) is 0.183. The number of aromatic hydroxyl groups is 1. The number of nitrogens with one attached hydrogen (secondary N) is 1. The molecule has 0 unspecified atom stereocenters. The van der Waals surface area contributed by atoms with E-state index < -0.39 is 0 Å². The van der Waals surface area contributed by atoms with Crippen molar-refractivity contribution in [3.8, 4) is 28.0 Å². The summed E-state index contributed by atoms with van der Waals surface area (Å²) >= 11 is 1.21. The van der Waals surface area contributed by atoms with Crippen LogP contribution in [0.25, 0.3) is 32.5 Å². The van der Waals surface area contributed by atoms with Crippen LogP contribution in [-0.2, 0) is 0 Å². The van der Waals surface area contributed by atoms with E-state index in [9.17, 15) is 14.7 Å². The van der Waals surface area contributed by atoms with E-state index in [0.717, 1.165) is 11.1 Å². The number of pyridine rings is 1. The molecule has 7 heteroatoms. The van der Waals surface area contributed by atoms with Crippen molar-refractivity contribution in [1.82, 2.24) is 4.98 Å². The lowest BCUT2D eigenvalue weighted by Gasteiger charge is -2.15. The lowest BCUT2D eigenvalue weighted by Crippen LogP contribution is -2.16. The molecule has 41 heavy (non-hydrogen) atoms. The predicted octanol–water partition coefficient (Wildman–Crippen LogP) is 7.71. The zero-order valence-corrected chi connectivity index (χ0v) is 22.9. The molecule has 6 rings (SSSR count). The molecule has 1 amide bonds. The first-order valence-corrected chi connectivity index (χ1v) is 13.8. The minimum atomic E-state index is -0.346. The number of hydrogen-bond donors (Lipinski definition) is 3. The highest BCUT2D eigenvalue weighted by molar-refractivity contribution is 7.21. The summed E-state index contributed by atoms with van der Waals surface area (Å²) in [5.74, 6) is -0.463. The van der Waals surface area contributed by atoms with Crippen molar-refractivity contribution in [2.75, 3.05) is 11.1 Å². The van der Waals surface area contributed by atoms with E-state index in [2.05, 4.69) is 5.32 Å². The minimum absolute atomic E-state index is 0.0964. The van der Waals surface area contributed by atoms with Gasteiger partial charge in [0, 0.05) is 22.2 Å². The minimum Gasteiger partial charge on any atom is -0.508 e. The Kier molecular flexibility index (Phi) is 6.79. The van der Waals surface area contributed by atoms with E-state index in [4.69, 9.17) is 10.7 Å². The fourth-order valence-electron chi connectivity index (χ4n) is 4.92. The highest BCUT2D eigenvalue weighted by atomic mass is 32.1. The van der Waals surface area contributed by atoms with Gasteiger partial charge in [-0.15, -0.1) is 11.3 Å². The number of ketones is 1. The van der Waals surface area contributed by atoms with Crippen LogP contribution < -0.4 is 11.1 Å². The van der Waals surface area contributed by atoms with Gasteiger partial charge in [-0.2, -0.15) is 0 Å². The second-order valence-corrected chi connectivity index (χ2v) is 10.6. The van der Waals surface area contributed by atoms with Crippen LogP contribution >= 0.6 is 11.3 Å². The van der Waals surface area contributed by atoms with E-state index in [1.807, 2.05) is 60.7 Å². The van der Waals surface area contributed by atoms with E-state index in [0.29, 0.717) is 48.7 Å². The first-order chi connectivity index (χ1) is 19.9. The summed E-state index contributed by atoms with van der Waals surface area (Å²) in [6.45, 7) is 1.77. The predicted molar refractivity (Wildman–Crippen MR) is 166 cm³/mol. The van der Waals surface area contributed by atoms with E-state index in [1.165, 1.54) is 11.3 Å². The van der Waals surface area contributed by atoms with Crippen molar-refractivity contribution in [3.05, 3.63) is 131 Å². The Hall–Kier alpha value is -5.27. The fraction of sp³-hybridized carbons (Fsp3) is 0.0294. The van der Waals surface area contributed by atoms with Gasteiger partial charge < -0.3 is 16.2 Å². The van der Waals surface area contributed by atoms with Gasteiger partial charge in [0.1, 0.15) is 15.5 Å². The third-order valence-corrected chi connectivity index (χ3v) is 8.03. The summed E-state index contributed by atoms with van der Waals surface area (Å²) < 4.78 is 0. The van der Waals surface area contributed by atoms with Gasteiger partial charge in [-0.3, -0.25) is 9.59 Å². The normalized spacial score (nSPS) is 11.0. The Morgan fingerprint density at radius 1 is 0.780 bits per heavy atom. The Balaban J connectivity index is 1.48. The number of rotatable bonds is 6. The van der Waals surface area contributed by atoms with Gasteiger partial charge in [-0.25, -0.2) is 4.98 Å². The third kappa shape index (κ3) is 4.95. The highest BCUT2D eigenvalue weighted by Gasteiger charge is 2.27. The lowest BCUT2D eigenvalue weighted by atomic mass is 9.94. The molecule has 2 heterocycles. The summed E-state index contributed by atoms with van der Waals surface area (Å²) in [7, 11) is 0. The molecule has 0 saturated heterocycles. The monoisotopic (exact) mass is 555 g/mol. The number of phenolic OH excluding ortho intramolecular Hbond substituents is 1. The fourth-order valence-corrected chi connectivity index (χ4v) is 6.03.